The second-order valence-electron chi connectivity index (χ2n) is 3.98. The van der Waals surface area contributed by atoms with Crippen LogP contribution >= 0.6 is 0 Å². The van der Waals surface area contributed by atoms with Crippen LogP contribution in [0.3, 0.4) is 0 Å². The van der Waals surface area contributed by atoms with Gasteiger partial charge in [-0.2, -0.15) is 0 Å². The third-order valence-corrected chi connectivity index (χ3v) is 2.69. The lowest BCUT2D eigenvalue weighted by Crippen LogP contribution is -2.27. The summed E-state index contributed by atoms with van der Waals surface area (Å²) in [7, 11) is 0. The molecule has 0 bridgehead atoms. The molecule has 1 aliphatic rings. The van der Waals surface area contributed by atoms with Gasteiger partial charge in [0.2, 0.25) is 0 Å². The minimum Gasteiger partial charge on any atom is -0.273 e. The van der Waals surface area contributed by atoms with Crippen molar-refractivity contribution in [2.75, 3.05) is 11.7 Å². The largest absolute Gasteiger partial charge is 0.273 e. The highest BCUT2D eigenvalue weighted by atomic mass is 19.2. The van der Waals surface area contributed by atoms with E-state index in [1.165, 1.54) is 0 Å². The van der Waals surface area contributed by atoms with Gasteiger partial charge in [0.15, 0.2) is 11.6 Å². The van der Waals surface area contributed by atoms with Crippen LogP contribution < -0.4 is 5.06 Å². The number of hydrogen-bond acceptors (Lipinski definition) is 2. The summed E-state index contributed by atoms with van der Waals surface area (Å²) in [6.45, 7) is 3.97. The van der Waals surface area contributed by atoms with Gasteiger partial charge in [0, 0.05) is 5.56 Å². The van der Waals surface area contributed by atoms with Crippen LogP contribution in [-0.2, 0) is 4.84 Å². The number of anilines is 1. The van der Waals surface area contributed by atoms with Crippen molar-refractivity contribution in [2.24, 2.45) is 0 Å². The lowest BCUT2D eigenvalue weighted by Gasteiger charge is -2.24. The zero-order valence-corrected chi connectivity index (χ0v) is 9.46. The first-order valence-corrected chi connectivity index (χ1v) is 5.52. The van der Waals surface area contributed by atoms with E-state index in [1.807, 2.05) is 6.92 Å². The molecule has 0 unspecified atom stereocenters. The molecule has 1 aromatic rings. The van der Waals surface area contributed by atoms with Crippen LogP contribution in [0.5, 0.6) is 0 Å². The molecule has 1 aromatic carbocycles. The van der Waals surface area contributed by atoms with Crippen molar-refractivity contribution in [1.82, 2.24) is 0 Å². The van der Waals surface area contributed by atoms with Gasteiger partial charge in [-0.3, -0.25) is 9.90 Å². The van der Waals surface area contributed by atoms with Gasteiger partial charge in [0.25, 0.3) is 0 Å². The Labute approximate surface area is 93.8 Å². The summed E-state index contributed by atoms with van der Waals surface area (Å²) in [6, 6.07) is 3.02. The number of hydroxylamine groups is 1. The van der Waals surface area contributed by atoms with E-state index >= 15 is 0 Å². The average Bonchev–Trinajstić information content (AvgIpc) is 3.08. The van der Waals surface area contributed by atoms with Crippen LogP contribution in [0.4, 0.5) is 14.5 Å². The van der Waals surface area contributed by atoms with E-state index in [1.54, 1.807) is 18.1 Å². The predicted molar refractivity (Wildman–Crippen MR) is 58.2 cm³/mol. The van der Waals surface area contributed by atoms with Crippen molar-refractivity contribution in [3.63, 3.8) is 0 Å². The molecule has 4 heteroatoms. The van der Waals surface area contributed by atoms with Crippen LogP contribution in [0.2, 0.25) is 0 Å². The summed E-state index contributed by atoms with van der Waals surface area (Å²) >= 11 is 0. The lowest BCUT2D eigenvalue weighted by molar-refractivity contribution is 0.115. The quantitative estimate of drug-likeness (QED) is 0.732. The van der Waals surface area contributed by atoms with Gasteiger partial charge >= 0.3 is 0 Å². The highest BCUT2D eigenvalue weighted by Gasteiger charge is 2.31. The fourth-order valence-corrected chi connectivity index (χ4v) is 1.70. The Hall–Kier alpha value is -1.16. The summed E-state index contributed by atoms with van der Waals surface area (Å²) in [5.74, 6) is -1.60. The minimum atomic E-state index is -0.812. The van der Waals surface area contributed by atoms with Crippen molar-refractivity contribution in [3.05, 3.63) is 29.3 Å². The molecule has 1 aliphatic carbocycles. The van der Waals surface area contributed by atoms with E-state index in [0.717, 1.165) is 18.9 Å². The predicted octanol–water partition coefficient (Wildman–Crippen LogP) is 3.19. The zero-order chi connectivity index (χ0) is 11.7. The second-order valence-corrected chi connectivity index (χ2v) is 3.98. The fourth-order valence-electron chi connectivity index (χ4n) is 1.70. The van der Waals surface area contributed by atoms with Crippen molar-refractivity contribution in [2.45, 2.75) is 32.7 Å². The topological polar surface area (TPSA) is 12.5 Å². The highest BCUT2D eigenvalue weighted by molar-refractivity contribution is 5.53. The second kappa shape index (κ2) is 4.37. The van der Waals surface area contributed by atoms with E-state index in [2.05, 4.69) is 0 Å². The van der Waals surface area contributed by atoms with Gasteiger partial charge in [-0.05, 0) is 38.8 Å². The molecule has 0 heterocycles. The maximum atomic E-state index is 13.4. The molecule has 0 N–H and O–H groups in total. The molecule has 1 saturated carbocycles. The summed E-state index contributed by atoms with van der Waals surface area (Å²) in [6.07, 6.45) is 2.08. The number of halogens is 2. The maximum absolute atomic E-state index is 13.4. The molecule has 0 saturated heterocycles. The molecule has 16 heavy (non-hydrogen) atoms. The van der Waals surface area contributed by atoms with Crippen LogP contribution in [0.1, 0.15) is 25.3 Å². The third-order valence-electron chi connectivity index (χ3n) is 2.69. The van der Waals surface area contributed by atoms with Gasteiger partial charge in [-0.25, -0.2) is 8.78 Å². The van der Waals surface area contributed by atoms with Gasteiger partial charge in [-0.15, -0.1) is 0 Å². The number of benzene rings is 1. The van der Waals surface area contributed by atoms with Crippen LogP contribution in [0, 0.1) is 18.6 Å². The standard InChI is InChI=1S/C12H15F2NO/c1-3-16-15(9-4-5-9)11-7-6-10(13)12(14)8(11)2/h6-7,9H,3-5H2,1-2H3. The molecular formula is C12H15F2NO. The molecular weight excluding hydrogens is 212 g/mol. The SMILES string of the molecule is CCON(c1ccc(F)c(F)c1C)C1CC1. The Bertz CT molecular complexity index is 391. The molecule has 0 amide bonds. The van der Waals surface area contributed by atoms with Crippen LogP contribution in [0.25, 0.3) is 0 Å². The van der Waals surface area contributed by atoms with Crippen LogP contribution in [0.15, 0.2) is 12.1 Å². The Balaban J connectivity index is 2.33. The van der Waals surface area contributed by atoms with Gasteiger partial charge in [0.1, 0.15) is 0 Å². The smallest absolute Gasteiger partial charge is 0.163 e. The van der Waals surface area contributed by atoms with E-state index in [9.17, 15) is 8.78 Å². The lowest BCUT2D eigenvalue weighted by atomic mass is 10.2. The van der Waals surface area contributed by atoms with E-state index < -0.39 is 11.6 Å². The Morgan fingerprint density at radius 3 is 2.62 bits per heavy atom. The van der Waals surface area contributed by atoms with Crippen molar-refractivity contribution >= 4 is 5.69 Å². The molecule has 1 fully saturated rings. The van der Waals surface area contributed by atoms with Crippen molar-refractivity contribution < 1.29 is 13.6 Å². The van der Waals surface area contributed by atoms with Crippen LogP contribution in [-0.4, -0.2) is 12.6 Å². The Morgan fingerprint density at radius 1 is 1.38 bits per heavy atom. The number of hydrogen-bond donors (Lipinski definition) is 0. The third kappa shape index (κ3) is 2.02. The summed E-state index contributed by atoms with van der Waals surface area (Å²) in [5.41, 5.74) is 0.934. The first-order valence-electron chi connectivity index (χ1n) is 5.52. The maximum Gasteiger partial charge on any atom is 0.163 e. The molecule has 2 nitrogen and oxygen atoms in total. The Morgan fingerprint density at radius 2 is 2.06 bits per heavy atom. The molecule has 0 spiro atoms. The minimum absolute atomic E-state index is 0.306. The average molecular weight is 227 g/mol. The molecule has 0 radical (unpaired) electrons. The van der Waals surface area contributed by atoms with E-state index in [0.29, 0.717) is 23.9 Å². The molecule has 2 rings (SSSR count). The number of rotatable bonds is 4. The monoisotopic (exact) mass is 227 g/mol. The summed E-state index contributed by atoms with van der Waals surface area (Å²) in [4.78, 5) is 5.47. The molecule has 0 aliphatic heterocycles. The molecule has 0 atom stereocenters. The van der Waals surface area contributed by atoms with Crippen molar-refractivity contribution in [1.29, 1.82) is 0 Å². The van der Waals surface area contributed by atoms with E-state index in [4.69, 9.17) is 4.84 Å². The summed E-state index contributed by atoms with van der Waals surface area (Å²) < 4.78 is 26.4. The first-order chi connectivity index (χ1) is 7.65. The summed E-state index contributed by atoms with van der Waals surface area (Å²) in [5, 5.41) is 1.71. The Kier molecular flexibility index (Phi) is 3.10. The zero-order valence-electron chi connectivity index (χ0n) is 9.46. The number of nitrogens with zero attached hydrogens (tertiary/aromatic N) is 1. The fraction of sp³-hybridized carbons (Fsp3) is 0.500. The van der Waals surface area contributed by atoms with Crippen molar-refractivity contribution in [3.8, 4) is 0 Å². The normalized spacial score (nSPS) is 15.2. The molecule has 0 aromatic heterocycles. The van der Waals surface area contributed by atoms with Gasteiger partial charge < -0.3 is 0 Å². The highest BCUT2D eigenvalue weighted by Crippen LogP contribution is 2.34. The van der Waals surface area contributed by atoms with E-state index in [-0.39, 0.29) is 0 Å². The van der Waals surface area contributed by atoms with Gasteiger partial charge in [-0.1, -0.05) is 0 Å². The molecule has 88 valence electrons. The first kappa shape index (κ1) is 11.3. The van der Waals surface area contributed by atoms with Gasteiger partial charge in [0.05, 0.1) is 18.3 Å².